The number of hydrogen-bond donors (Lipinski definition) is 1. The molecule has 0 saturated carbocycles. The molecule has 1 N–H and O–H groups in total. The average molecular weight is 377 g/mol. The lowest BCUT2D eigenvalue weighted by atomic mass is 10.0. The first-order chi connectivity index (χ1) is 13.7. The minimum Gasteiger partial charge on any atom is -0.490 e. The Kier molecular flexibility index (Phi) is 5.05. The number of nitrogens with one attached hydrogen (secondary N) is 1. The summed E-state index contributed by atoms with van der Waals surface area (Å²) in [6, 6.07) is 14.5. The molecule has 142 valence electrons. The summed E-state index contributed by atoms with van der Waals surface area (Å²) >= 11 is 0. The average Bonchev–Trinajstić information content (AvgIpc) is 3.26. The molecular weight excluding hydrogens is 358 g/mol. The van der Waals surface area contributed by atoms with Gasteiger partial charge >= 0.3 is 5.97 Å². The van der Waals surface area contributed by atoms with Gasteiger partial charge in [-0.3, -0.25) is 4.79 Å². The van der Waals surface area contributed by atoms with Crippen molar-refractivity contribution in [2.45, 2.75) is 12.8 Å². The van der Waals surface area contributed by atoms with Gasteiger partial charge in [-0.2, -0.15) is 5.10 Å². The molecule has 1 amide bonds. The Morgan fingerprint density at radius 3 is 2.86 bits per heavy atom. The highest BCUT2D eigenvalue weighted by Crippen LogP contribution is 2.26. The van der Waals surface area contributed by atoms with Crippen LogP contribution < -0.4 is 10.1 Å². The van der Waals surface area contributed by atoms with Crippen LogP contribution in [-0.2, 0) is 16.0 Å². The van der Waals surface area contributed by atoms with Crippen LogP contribution in [0.15, 0.2) is 60.9 Å². The molecular formula is C21H19N3O4. The van der Waals surface area contributed by atoms with Gasteiger partial charge in [-0.1, -0.05) is 12.1 Å². The largest absolute Gasteiger partial charge is 0.490 e. The van der Waals surface area contributed by atoms with Gasteiger partial charge in [-0.15, -0.1) is 0 Å². The second-order valence-electron chi connectivity index (χ2n) is 6.32. The number of aryl methyl sites for hydroxylation is 1. The van der Waals surface area contributed by atoms with Crippen LogP contribution in [0.4, 0.5) is 5.69 Å². The molecule has 7 heteroatoms. The van der Waals surface area contributed by atoms with E-state index in [2.05, 4.69) is 10.4 Å². The zero-order chi connectivity index (χ0) is 19.3. The van der Waals surface area contributed by atoms with Crippen LogP contribution in [-0.4, -0.2) is 34.9 Å². The van der Waals surface area contributed by atoms with E-state index >= 15 is 0 Å². The van der Waals surface area contributed by atoms with Gasteiger partial charge in [-0.25, -0.2) is 9.48 Å². The number of fused-ring (bicyclic) bond motifs is 1. The summed E-state index contributed by atoms with van der Waals surface area (Å²) in [5.74, 6) is 0.286. The molecule has 4 rings (SSSR count). The summed E-state index contributed by atoms with van der Waals surface area (Å²) in [5.41, 5.74) is 2.97. The van der Waals surface area contributed by atoms with Gasteiger partial charge in [0.1, 0.15) is 19.0 Å². The first-order valence-corrected chi connectivity index (χ1v) is 9.02. The number of esters is 1. The van der Waals surface area contributed by atoms with E-state index in [4.69, 9.17) is 9.47 Å². The third kappa shape index (κ3) is 3.88. The Bertz CT molecular complexity index is 999. The Labute approximate surface area is 161 Å². The number of amides is 1. The first kappa shape index (κ1) is 17.8. The van der Waals surface area contributed by atoms with E-state index in [1.54, 1.807) is 41.3 Å². The summed E-state index contributed by atoms with van der Waals surface area (Å²) in [7, 11) is 0. The Morgan fingerprint density at radius 2 is 2.00 bits per heavy atom. The van der Waals surface area contributed by atoms with Gasteiger partial charge in [0.05, 0.1) is 11.3 Å². The van der Waals surface area contributed by atoms with Crippen molar-refractivity contribution in [3.63, 3.8) is 0 Å². The van der Waals surface area contributed by atoms with Gasteiger partial charge in [0.25, 0.3) is 0 Å². The number of hydrogen-bond acceptors (Lipinski definition) is 5. The van der Waals surface area contributed by atoms with Gasteiger partial charge < -0.3 is 14.8 Å². The highest BCUT2D eigenvalue weighted by Gasteiger charge is 2.16. The maximum Gasteiger partial charge on any atom is 0.340 e. The molecule has 3 aromatic rings. The number of para-hydroxylation sites is 1. The van der Waals surface area contributed by atoms with Gasteiger partial charge in [0.2, 0.25) is 5.91 Å². The van der Waals surface area contributed by atoms with Gasteiger partial charge in [0, 0.05) is 24.5 Å². The summed E-state index contributed by atoms with van der Waals surface area (Å²) in [6.45, 7) is 0.362. The minimum absolute atomic E-state index is 0.0310. The third-order valence-electron chi connectivity index (χ3n) is 4.43. The van der Waals surface area contributed by atoms with E-state index < -0.39 is 5.97 Å². The summed E-state index contributed by atoms with van der Waals surface area (Å²) < 4.78 is 12.7. The van der Waals surface area contributed by atoms with E-state index in [1.165, 1.54) is 0 Å². The van der Waals surface area contributed by atoms with Crippen molar-refractivity contribution in [1.29, 1.82) is 0 Å². The van der Waals surface area contributed by atoms with Crippen LogP contribution in [0.25, 0.3) is 5.69 Å². The van der Waals surface area contributed by atoms with E-state index in [-0.39, 0.29) is 19.1 Å². The molecule has 1 aromatic heterocycles. The van der Waals surface area contributed by atoms with Crippen molar-refractivity contribution < 1.29 is 19.1 Å². The predicted molar refractivity (Wildman–Crippen MR) is 103 cm³/mol. The van der Waals surface area contributed by atoms with Crippen molar-refractivity contribution in [3.05, 3.63) is 72.1 Å². The van der Waals surface area contributed by atoms with Crippen LogP contribution in [0, 0.1) is 0 Å². The molecule has 0 radical (unpaired) electrons. The lowest BCUT2D eigenvalue weighted by Gasteiger charge is -2.17. The number of rotatable bonds is 6. The molecule has 1 aliphatic rings. The second kappa shape index (κ2) is 7.96. The second-order valence-corrected chi connectivity index (χ2v) is 6.32. The van der Waals surface area contributed by atoms with Crippen molar-refractivity contribution in [2.24, 2.45) is 0 Å². The van der Waals surface area contributed by atoms with Crippen LogP contribution >= 0.6 is 0 Å². The fourth-order valence-electron chi connectivity index (χ4n) is 3.08. The molecule has 0 atom stereocenters. The molecule has 1 aliphatic heterocycles. The summed E-state index contributed by atoms with van der Waals surface area (Å²) in [5, 5.41) is 7.00. The topological polar surface area (TPSA) is 82.5 Å². The van der Waals surface area contributed by atoms with Crippen molar-refractivity contribution in [2.75, 3.05) is 18.5 Å². The maximum atomic E-state index is 12.4. The van der Waals surface area contributed by atoms with Crippen LogP contribution in [0.5, 0.6) is 5.75 Å². The highest BCUT2D eigenvalue weighted by molar-refractivity contribution is 5.94. The van der Waals surface area contributed by atoms with Gasteiger partial charge in [-0.05, 0) is 48.4 Å². The molecule has 7 nitrogen and oxygen atoms in total. The molecule has 0 saturated heterocycles. The smallest absolute Gasteiger partial charge is 0.340 e. The Hall–Kier alpha value is -3.61. The molecule has 0 aliphatic carbocycles. The first-order valence-electron chi connectivity index (χ1n) is 9.02. The Balaban J connectivity index is 1.33. The standard InChI is InChI=1S/C21H19N3O4/c25-20-9-6-15-14-16(7-8-18(15)23-20)27-12-13-28-21(26)17-4-1-2-5-19(17)24-11-3-10-22-24/h1-5,7-8,10-11,14H,6,9,12-13H2,(H,23,25). The fourth-order valence-corrected chi connectivity index (χ4v) is 3.08. The molecule has 2 heterocycles. The highest BCUT2D eigenvalue weighted by atomic mass is 16.6. The summed E-state index contributed by atoms with van der Waals surface area (Å²) in [6.07, 6.45) is 4.59. The lowest BCUT2D eigenvalue weighted by Crippen LogP contribution is -2.19. The van der Waals surface area contributed by atoms with Crippen molar-refractivity contribution >= 4 is 17.6 Å². The number of carbonyl (C=O) groups is 2. The van der Waals surface area contributed by atoms with E-state index in [0.29, 0.717) is 29.8 Å². The Morgan fingerprint density at radius 1 is 1.11 bits per heavy atom. The molecule has 0 bridgehead atoms. The van der Waals surface area contributed by atoms with Crippen molar-refractivity contribution in [3.8, 4) is 11.4 Å². The predicted octanol–water partition coefficient (Wildman–Crippen LogP) is 2.99. The normalized spacial score (nSPS) is 12.8. The van der Waals surface area contributed by atoms with E-state index in [0.717, 1.165) is 11.3 Å². The SMILES string of the molecule is O=C1CCc2cc(OCCOC(=O)c3ccccc3-n3cccn3)ccc2N1. The van der Waals surface area contributed by atoms with Gasteiger partial charge in [0.15, 0.2) is 0 Å². The number of aromatic nitrogens is 2. The summed E-state index contributed by atoms with van der Waals surface area (Å²) in [4.78, 5) is 23.8. The molecule has 0 fully saturated rings. The number of carbonyl (C=O) groups excluding carboxylic acids is 2. The van der Waals surface area contributed by atoms with E-state index in [9.17, 15) is 9.59 Å². The molecule has 28 heavy (non-hydrogen) atoms. The van der Waals surface area contributed by atoms with E-state index in [1.807, 2.05) is 24.3 Å². The quantitative estimate of drug-likeness (QED) is 0.527. The minimum atomic E-state index is -0.428. The third-order valence-corrected chi connectivity index (χ3v) is 4.43. The van der Waals surface area contributed by atoms with Crippen LogP contribution in [0.2, 0.25) is 0 Å². The molecule has 0 unspecified atom stereocenters. The van der Waals surface area contributed by atoms with Crippen LogP contribution in [0.1, 0.15) is 22.3 Å². The fraction of sp³-hybridized carbons (Fsp3) is 0.190. The monoisotopic (exact) mass is 377 g/mol. The zero-order valence-electron chi connectivity index (χ0n) is 15.1. The zero-order valence-corrected chi connectivity index (χ0v) is 15.1. The maximum absolute atomic E-state index is 12.4. The molecule has 2 aromatic carbocycles. The number of nitrogens with zero attached hydrogens (tertiary/aromatic N) is 2. The lowest BCUT2D eigenvalue weighted by molar-refractivity contribution is -0.116. The number of benzene rings is 2. The number of ether oxygens (including phenoxy) is 2. The van der Waals surface area contributed by atoms with Crippen molar-refractivity contribution in [1.82, 2.24) is 9.78 Å². The molecule has 0 spiro atoms. The number of anilines is 1. The van der Waals surface area contributed by atoms with Crippen LogP contribution in [0.3, 0.4) is 0 Å².